The summed E-state index contributed by atoms with van der Waals surface area (Å²) in [7, 11) is 0. The molecule has 6 heteroatoms. The van der Waals surface area contributed by atoms with Gasteiger partial charge in [-0.05, 0) is 42.2 Å². The lowest BCUT2D eigenvalue weighted by atomic mass is 9.96. The monoisotopic (exact) mass is 388 g/mol. The predicted molar refractivity (Wildman–Crippen MR) is 106 cm³/mol. The number of amides is 2. The minimum absolute atomic E-state index is 0.0561. The van der Waals surface area contributed by atoms with Crippen molar-refractivity contribution in [3.63, 3.8) is 0 Å². The molecule has 1 aliphatic rings. The number of carbonyl (C=O) groups excluding carboxylic acids is 2. The molecule has 0 spiro atoms. The van der Waals surface area contributed by atoms with Crippen LogP contribution in [-0.4, -0.2) is 18.4 Å². The zero-order chi connectivity index (χ0) is 19.6. The molecule has 4 nitrogen and oxygen atoms in total. The summed E-state index contributed by atoms with van der Waals surface area (Å²) < 4.78 is 13.3. The third-order valence-corrected chi connectivity index (χ3v) is 5.34. The Balaban J connectivity index is 1.75. The number of anilines is 2. The van der Waals surface area contributed by atoms with E-state index in [-0.39, 0.29) is 23.3 Å². The van der Waals surface area contributed by atoms with Gasteiger partial charge in [-0.1, -0.05) is 43.6 Å². The highest BCUT2D eigenvalue weighted by Gasteiger charge is 2.36. The second-order valence-corrected chi connectivity index (χ2v) is 7.30. The molecule has 2 amide bonds. The van der Waals surface area contributed by atoms with E-state index in [2.05, 4.69) is 19.2 Å². The van der Waals surface area contributed by atoms with Gasteiger partial charge in [-0.2, -0.15) is 0 Å². The summed E-state index contributed by atoms with van der Waals surface area (Å²) >= 11 is 5.76. The summed E-state index contributed by atoms with van der Waals surface area (Å²) in [6.07, 6.45) is 1.11. The van der Waals surface area contributed by atoms with E-state index in [1.807, 2.05) is 24.3 Å². The standard InChI is InChI=1S/C21H22ClFN2O2/c1-3-13(2)16-6-4-5-7-19(16)25-12-14(10-20(25)26)21(27)24-15-8-9-18(23)17(22)11-15/h4-9,11,13-14H,3,10,12H2,1-2H3,(H,24,27)/t13-,14-/m0/s1. The molecule has 2 aromatic rings. The molecule has 1 N–H and O–H groups in total. The fourth-order valence-corrected chi connectivity index (χ4v) is 3.48. The number of para-hydroxylation sites is 1. The summed E-state index contributed by atoms with van der Waals surface area (Å²) in [5.41, 5.74) is 2.40. The number of hydrogen-bond acceptors (Lipinski definition) is 2. The molecule has 0 radical (unpaired) electrons. The summed E-state index contributed by atoms with van der Waals surface area (Å²) in [6.45, 7) is 4.56. The molecule has 2 aromatic carbocycles. The van der Waals surface area contributed by atoms with E-state index in [9.17, 15) is 14.0 Å². The first kappa shape index (κ1) is 19.4. The molecule has 0 aliphatic carbocycles. The third-order valence-electron chi connectivity index (χ3n) is 5.05. The Bertz CT molecular complexity index is 871. The van der Waals surface area contributed by atoms with Gasteiger partial charge in [0.25, 0.3) is 0 Å². The van der Waals surface area contributed by atoms with Crippen LogP contribution in [0.15, 0.2) is 42.5 Å². The normalized spacial score (nSPS) is 17.9. The van der Waals surface area contributed by atoms with Crippen LogP contribution in [0.4, 0.5) is 15.8 Å². The van der Waals surface area contributed by atoms with Crippen LogP contribution in [0.2, 0.25) is 5.02 Å². The van der Waals surface area contributed by atoms with E-state index in [1.165, 1.54) is 18.2 Å². The van der Waals surface area contributed by atoms with Crippen molar-refractivity contribution in [1.82, 2.24) is 0 Å². The number of nitrogens with zero attached hydrogens (tertiary/aromatic N) is 1. The molecule has 0 unspecified atom stereocenters. The fraction of sp³-hybridized carbons (Fsp3) is 0.333. The van der Waals surface area contributed by atoms with Crippen LogP contribution < -0.4 is 10.2 Å². The molecule has 2 atom stereocenters. The maximum atomic E-state index is 13.3. The van der Waals surface area contributed by atoms with Gasteiger partial charge in [0.05, 0.1) is 10.9 Å². The Morgan fingerprint density at radius 2 is 2.07 bits per heavy atom. The van der Waals surface area contributed by atoms with Crippen LogP contribution in [-0.2, 0) is 9.59 Å². The molecule has 1 fully saturated rings. The smallest absolute Gasteiger partial charge is 0.229 e. The minimum Gasteiger partial charge on any atom is -0.326 e. The maximum absolute atomic E-state index is 13.3. The van der Waals surface area contributed by atoms with Gasteiger partial charge in [-0.25, -0.2) is 4.39 Å². The van der Waals surface area contributed by atoms with Crippen molar-refractivity contribution in [2.75, 3.05) is 16.8 Å². The zero-order valence-electron chi connectivity index (χ0n) is 15.3. The van der Waals surface area contributed by atoms with Gasteiger partial charge in [-0.3, -0.25) is 9.59 Å². The van der Waals surface area contributed by atoms with Crippen LogP contribution in [0.5, 0.6) is 0 Å². The molecule has 0 saturated carbocycles. The molecule has 142 valence electrons. The van der Waals surface area contributed by atoms with E-state index in [0.29, 0.717) is 18.2 Å². The summed E-state index contributed by atoms with van der Waals surface area (Å²) in [4.78, 5) is 26.9. The van der Waals surface area contributed by atoms with Crippen molar-refractivity contribution in [3.05, 3.63) is 58.9 Å². The van der Waals surface area contributed by atoms with E-state index < -0.39 is 11.7 Å². The highest BCUT2D eigenvalue weighted by atomic mass is 35.5. The van der Waals surface area contributed by atoms with E-state index in [4.69, 9.17) is 11.6 Å². The Morgan fingerprint density at radius 1 is 1.33 bits per heavy atom. The first-order chi connectivity index (χ1) is 12.9. The topological polar surface area (TPSA) is 49.4 Å². The largest absolute Gasteiger partial charge is 0.326 e. The molecule has 1 saturated heterocycles. The van der Waals surface area contributed by atoms with E-state index in [1.54, 1.807) is 4.90 Å². The van der Waals surface area contributed by atoms with Crippen molar-refractivity contribution in [1.29, 1.82) is 0 Å². The van der Waals surface area contributed by atoms with Crippen LogP contribution in [0.25, 0.3) is 0 Å². The molecule has 0 aromatic heterocycles. The number of carbonyl (C=O) groups is 2. The lowest BCUT2D eigenvalue weighted by molar-refractivity contribution is -0.122. The van der Waals surface area contributed by atoms with Crippen molar-refractivity contribution in [3.8, 4) is 0 Å². The lowest BCUT2D eigenvalue weighted by Gasteiger charge is -2.23. The Hall–Kier alpha value is -2.40. The van der Waals surface area contributed by atoms with E-state index in [0.717, 1.165) is 17.7 Å². The third kappa shape index (κ3) is 4.14. The summed E-state index contributed by atoms with van der Waals surface area (Å²) in [6, 6.07) is 11.8. The minimum atomic E-state index is -0.543. The van der Waals surface area contributed by atoms with Gasteiger partial charge < -0.3 is 10.2 Å². The average Bonchev–Trinajstić information content (AvgIpc) is 3.06. The highest BCUT2D eigenvalue weighted by Crippen LogP contribution is 2.33. The number of halogens is 2. The second kappa shape index (κ2) is 8.09. The predicted octanol–water partition coefficient (Wildman–Crippen LogP) is 4.98. The maximum Gasteiger partial charge on any atom is 0.229 e. The van der Waals surface area contributed by atoms with E-state index >= 15 is 0 Å². The molecule has 27 heavy (non-hydrogen) atoms. The van der Waals surface area contributed by atoms with Crippen LogP contribution >= 0.6 is 11.6 Å². The van der Waals surface area contributed by atoms with Gasteiger partial charge in [-0.15, -0.1) is 0 Å². The molecular formula is C21H22ClFN2O2. The van der Waals surface area contributed by atoms with Gasteiger partial charge in [0, 0.05) is 24.3 Å². The Kier molecular flexibility index (Phi) is 5.80. The fourth-order valence-electron chi connectivity index (χ4n) is 3.30. The Labute approximate surface area is 163 Å². The van der Waals surface area contributed by atoms with Gasteiger partial charge in [0.1, 0.15) is 5.82 Å². The molecule has 0 bridgehead atoms. The van der Waals surface area contributed by atoms with Gasteiger partial charge in [0.15, 0.2) is 0 Å². The SMILES string of the molecule is CC[C@H](C)c1ccccc1N1C[C@@H](C(=O)Nc2ccc(F)c(Cl)c2)CC1=O. The number of nitrogens with one attached hydrogen (secondary N) is 1. The molecule has 3 rings (SSSR count). The zero-order valence-corrected chi connectivity index (χ0v) is 16.1. The van der Waals surface area contributed by atoms with Crippen molar-refractivity contribution in [2.45, 2.75) is 32.6 Å². The number of rotatable bonds is 5. The van der Waals surface area contributed by atoms with Crippen LogP contribution in [0.3, 0.4) is 0 Å². The second-order valence-electron chi connectivity index (χ2n) is 6.89. The number of hydrogen-bond donors (Lipinski definition) is 1. The quantitative estimate of drug-likeness (QED) is 0.784. The lowest BCUT2D eigenvalue weighted by Crippen LogP contribution is -2.29. The summed E-state index contributed by atoms with van der Waals surface area (Å²) in [5, 5.41) is 2.67. The van der Waals surface area contributed by atoms with Crippen molar-refractivity contribution in [2.24, 2.45) is 5.92 Å². The van der Waals surface area contributed by atoms with Crippen LogP contribution in [0, 0.1) is 11.7 Å². The van der Waals surface area contributed by atoms with Crippen molar-refractivity contribution >= 4 is 34.8 Å². The molecular weight excluding hydrogens is 367 g/mol. The Morgan fingerprint density at radius 3 is 2.78 bits per heavy atom. The first-order valence-corrected chi connectivity index (χ1v) is 9.43. The molecule has 1 aliphatic heterocycles. The number of benzene rings is 2. The average molecular weight is 389 g/mol. The van der Waals surface area contributed by atoms with Crippen LogP contribution in [0.1, 0.15) is 38.2 Å². The highest BCUT2D eigenvalue weighted by molar-refractivity contribution is 6.31. The van der Waals surface area contributed by atoms with Gasteiger partial charge in [0.2, 0.25) is 11.8 Å². The van der Waals surface area contributed by atoms with Crippen molar-refractivity contribution < 1.29 is 14.0 Å². The molecule has 1 heterocycles. The van der Waals surface area contributed by atoms with Gasteiger partial charge >= 0.3 is 0 Å². The first-order valence-electron chi connectivity index (χ1n) is 9.06. The summed E-state index contributed by atoms with van der Waals surface area (Å²) in [5.74, 6) is -1.02.